The number of Topliss-reactive ketones (excluding diaryl/α,β-unsaturated/α-hetero) is 1. The molecule has 1 aliphatic rings. The van der Waals surface area contributed by atoms with Crippen LogP contribution in [0.2, 0.25) is 0 Å². The summed E-state index contributed by atoms with van der Waals surface area (Å²) >= 11 is 0. The van der Waals surface area contributed by atoms with E-state index < -0.39 is 0 Å². The zero-order valence-electron chi connectivity index (χ0n) is 13.0. The molecular weight excluding hydrogens is 236 g/mol. The van der Waals surface area contributed by atoms with Gasteiger partial charge in [0.1, 0.15) is 5.78 Å². The summed E-state index contributed by atoms with van der Waals surface area (Å²) < 4.78 is 5.40. The second-order valence-electron chi connectivity index (χ2n) is 6.14. The molecule has 2 unspecified atom stereocenters. The number of carbonyl (C=O) groups excluding carboxylic acids is 1. The molecule has 1 saturated heterocycles. The highest BCUT2D eigenvalue weighted by atomic mass is 16.5. The predicted molar refractivity (Wildman–Crippen MR) is 80.3 cm³/mol. The Morgan fingerprint density at radius 2 is 1.68 bits per heavy atom. The number of rotatable bonds is 10. The lowest BCUT2D eigenvalue weighted by molar-refractivity contribution is -0.128. The van der Waals surface area contributed by atoms with Crippen LogP contribution in [0.3, 0.4) is 0 Å². The minimum absolute atomic E-state index is 0.276. The Kier molecular flexibility index (Phi) is 9.15. The number of carbonyl (C=O) groups is 1. The Labute approximate surface area is 119 Å². The van der Waals surface area contributed by atoms with Crippen LogP contribution in [0.25, 0.3) is 0 Å². The Bertz CT molecular complexity index is 237. The standard InChI is InChI=1S/C17H32O2/c1-3-4-5-6-7-8-9-10-11-17(18)16-12-13-19-14-15(16)2/h15-16H,3-14H2,1-2H3. The summed E-state index contributed by atoms with van der Waals surface area (Å²) in [6.07, 6.45) is 12.2. The molecule has 0 radical (unpaired) electrons. The molecule has 0 N–H and O–H groups in total. The Hall–Kier alpha value is -0.370. The monoisotopic (exact) mass is 268 g/mol. The van der Waals surface area contributed by atoms with Crippen molar-refractivity contribution in [3.8, 4) is 0 Å². The summed E-state index contributed by atoms with van der Waals surface area (Å²) in [7, 11) is 0. The average Bonchev–Trinajstić information content (AvgIpc) is 2.42. The van der Waals surface area contributed by atoms with Crippen molar-refractivity contribution >= 4 is 5.78 Å². The van der Waals surface area contributed by atoms with E-state index in [4.69, 9.17) is 4.74 Å². The normalized spacial score (nSPS) is 23.5. The van der Waals surface area contributed by atoms with E-state index >= 15 is 0 Å². The highest BCUT2D eigenvalue weighted by Gasteiger charge is 2.27. The predicted octanol–water partition coefficient (Wildman–Crippen LogP) is 4.76. The third-order valence-electron chi connectivity index (χ3n) is 4.33. The summed E-state index contributed by atoms with van der Waals surface area (Å²) in [6.45, 7) is 5.95. The van der Waals surface area contributed by atoms with Crippen molar-refractivity contribution in [3.63, 3.8) is 0 Å². The van der Waals surface area contributed by atoms with Crippen molar-refractivity contribution in [2.75, 3.05) is 13.2 Å². The number of hydrogen-bond donors (Lipinski definition) is 0. The van der Waals surface area contributed by atoms with Gasteiger partial charge in [-0.15, -0.1) is 0 Å². The molecule has 1 heterocycles. The van der Waals surface area contributed by atoms with Crippen LogP contribution in [0, 0.1) is 11.8 Å². The third-order valence-corrected chi connectivity index (χ3v) is 4.33. The maximum atomic E-state index is 12.1. The van der Waals surface area contributed by atoms with E-state index in [-0.39, 0.29) is 5.92 Å². The molecule has 0 bridgehead atoms. The fourth-order valence-electron chi connectivity index (χ4n) is 2.98. The fourth-order valence-corrected chi connectivity index (χ4v) is 2.98. The van der Waals surface area contributed by atoms with Gasteiger partial charge in [-0.1, -0.05) is 58.8 Å². The third kappa shape index (κ3) is 7.10. The van der Waals surface area contributed by atoms with Gasteiger partial charge in [-0.25, -0.2) is 0 Å². The molecule has 1 aliphatic heterocycles. The van der Waals surface area contributed by atoms with E-state index in [0.717, 1.165) is 32.5 Å². The van der Waals surface area contributed by atoms with E-state index in [1.54, 1.807) is 0 Å². The first kappa shape index (κ1) is 16.7. The smallest absolute Gasteiger partial charge is 0.136 e. The van der Waals surface area contributed by atoms with Gasteiger partial charge in [0.25, 0.3) is 0 Å². The first-order chi connectivity index (χ1) is 9.25. The molecule has 1 rings (SSSR count). The first-order valence-electron chi connectivity index (χ1n) is 8.36. The van der Waals surface area contributed by atoms with Crippen LogP contribution < -0.4 is 0 Å². The van der Waals surface area contributed by atoms with Crippen LogP contribution in [-0.2, 0) is 9.53 Å². The molecule has 0 aromatic carbocycles. The lowest BCUT2D eigenvalue weighted by atomic mass is 9.84. The second-order valence-corrected chi connectivity index (χ2v) is 6.14. The largest absolute Gasteiger partial charge is 0.381 e. The van der Waals surface area contributed by atoms with E-state index in [0.29, 0.717) is 11.7 Å². The molecule has 0 aliphatic carbocycles. The molecule has 2 nitrogen and oxygen atoms in total. The van der Waals surface area contributed by atoms with Crippen LogP contribution in [0.5, 0.6) is 0 Å². The maximum Gasteiger partial charge on any atom is 0.136 e. The molecular formula is C17H32O2. The average molecular weight is 268 g/mol. The van der Waals surface area contributed by atoms with Crippen molar-refractivity contribution < 1.29 is 9.53 Å². The van der Waals surface area contributed by atoms with E-state index in [2.05, 4.69) is 13.8 Å². The number of unbranched alkanes of at least 4 members (excludes halogenated alkanes) is 7. The van der Waals surface area contributed by atoms with Gasteiger partial charge in [0, 0.05) is 25.6 Å². The summed E-state index contributed by atoms with van der Waals surface area (Å²) in [5, 5.41) is 0. The molecule has 0 amide bonds. The molecule has 2 atom stereocenters. The minimum Gasteiger partial charge on any atom is -0.381 e. The number of ether oxygens (including phenoxy) is 1. The van der Waals surface area contributed by atoms with Crippen molar-refractivity contribution in [2.45, 2.75) is 78.1 Å². The SMILES string of the molecule is CCCCCCCCCCC(=O)C1CCOCC1C. The molecule has 112 valence electrons. The summed E-state index contributed by atoms with van der Waals surface area (Å²) in [5.74, 6) is 1.19. The minimum atomic E-state index is 0.276. The van der Waals surface area contributed by atoms with Gasteiger partial charge in [0.15, 0.2) is 0 Å². The van der Waals surface area contributed by atoms with E-state index in [1.807, 2.05) is 0 Å². The van der Waals surface area contributed by atoms with Crippen molar-refractivity contribution in [3.05, 3.63) is 0 Å². The van der Waals surface area contributed by atoms with Crippen molar-refractivity contribution in [1.82, 2.24) is 0 Å². The Morgan fingerprint density at radius 3 is 2.32 bits per heavy atom. The van der Waals surface area contributed by atoms with Crippen LogP contribution >= 0.6 is 0 Å². The van der Waals surface area contributed by atoms with Crippen LogP contribution in [0.1, 0.15) is 78.1 Å². The van der Waals surface area contributed by atoms with Crippen molar-refractivity contribution in [2.24, 2.45) is 11.8 Å². The summed E-state index contributed by atoms with van der Waals surface area (Å²) in [5.41, 5.74) is 0. The van der Waals surface area contributed by atoms with E-state index in [9.17, 15) is 4.79 Å². The van der Waals surface area contributed by atoms with Crippen LogP contribution in [0.15, 0.2) is 0 Å². The molecule has 1 fully saturated rings. The highest BCUT2D eigenvalue weighted by molar-refractivity contribution is 5.81. The molecule has 19 heavy (non-hydrogen) atoms. The molecule has 0 spiro atoms. The lowest BCUT2D eigenvalue weighted by Gasteiger charge is -2.27. The zero-order valence-corrected chi connectivity index (χ0v) is 13.0. The maximum absolute atomic E-state index is 12.1. The second kappa shape index (κ2) is 10.4. The summed E-state index contributed by atoms with van der Waals surface area (Å²) in [4.78, 5) is 12.1. The Balaban J connectivity index is 1.98. The van der Waals surface area contributed by atoms with Crippen LogP contribution in [-0.4, -0.2) is 19.0 Å². The lowest BCUT2D eigenvalue weighted by Crippen LogP contribution is -2.31. The van der Waals surface area contributed by atoms with E-state index in [1.165, 1.54) is 44.9 Å². The van der Waals surface area contributed by atoms with Gasteiger partial charge in [-0.2, -0.15) is 0 Å². The van der Waals surface area contributed by atoms with Crippen molar-refractivity contribution in [1.29, 1.82) is 0 Å². The van der Waals surface area contributed by atoms with Crippen LogP contribution in [0.4, 0.5) is 0 Å². The van der Waals surface area contributed by atoms with Gasteiger partial charge >= 0.3 is 0 Å². The summed E-state index contributed by atoms with van der Waals surface area (Å²) in [6, 6.07) is 0. The highest BCUT2D eigenvalue weighted by Crippen LogP contribution is 2.24. The van der Waals surface area contributed by atoms with Gasteiger partial charge < -0.3 is 4.74 Å². The van der Waals surface area contributed by atoms with Gasteiger partial charge in [0.05, 0.1) is 0 Å². The zero-order chi connectivity index (χ0) is 13.9. The molecule has 2 heteroatoms. The molecule has 0 aromatic heterocycles. The topological polar surface area (TPSA) is 26.3 Å². The fraction of sp³-hybridized carbons (Fsp3) is 0.941. The van der Waals surface area contributed by atoms with Gasteiger partial charge in [0.2, 0.25) is 0 Å². The van der Waals surface area contributed by atoms with Gasteiger partial charge in [-0.05, 0) is 18.8 Å². The number of hydrogen-bond acceptors (Lipinski definition) is 2. The number of ketones is 1. The molecule has 0 aromatic rings. The first-order valence-corrected chi connectivity index (χ1v) is 8.36. The molecule has 0 saturated carbocycles. The Morgan fingerprint density at radius 1 is 1.05 bits per heavy atom. The quantitative estimate of drug-likeness (QED) is 0.534. The van der Waals surface area contributed by atoms with Gasteiger partial charge in [-0.3, -0.25) is 4.79 Å².